The van der Waals surface area contributed by atoms with E-state index in [1.165, 1.54) is 6.42 Å². The largest absolute Gasteiger partial charge is 0.489 e. The molecule has 7 heteroatoms. The maximum absolute atomic E-state index is 13.1. The van der Waals surface area contributed by atoms with Gasteiger partial charge in [0.25, 0.3) is 11.8 Å². The summed E-state index contributed by atoms with van der Waals surface area (Å²) < 4.78 is 5.79. The second-order valence-corrected chi connectivity index (χ2v) is 9.34. The summed E-state index contributed by atoms with van der Waals surface area (Å²) in [5.41, 5.74) is 2.19. The van der Waals surface area contributed by atoms with E-state index >= 15 is 0 Å². The molecule has 1 saturated carbocycles. The van der Waals surface area contributed by atoms with Crippen molar-refractivity contribution in [2.75, 3.05) is 0 Å². The van der Waals surface area contributed by atoms with Crippen LogP contribution in [0, 0.1) is 0 Å². The van der Waals surface area contributed by atoms with E-state index in [0.29, 0.717) is 12.4 Å². The molecule has 0 saturated heterocycles. The third-order valence-electron chi connectivity index (χ3n) is 6.57. The van der Waals surface area contributed by atoms with Crippen LogP contribution in [-0.2, 0) is 17.8 Å². The fraction of sp³-hybridized carbons (Fsp3) is 0.300. The lowest BCUT2D eigenvalue weighted by Crippen LogP contribution is -2.43. The monoisotopic (exact) mass is 500 g/mol. The minimum absolute atomic E-state index is 0.0937. The fourth-order valence-electron chi connectivity index (χ4n) is 4.52. The van der Waals surface area contributed by atoms with Crippen LogP contribution < -0.4 is 15.4 Å². The molecule has 1 unspecified atom stereocenters. The number of ether oxygens (including phenoxy) is 1. The van der Waals surface area contributed by atoms with Crippen molar-refractivity contribution in [2.45, 2.75) is 57.2 Å². The average Bonchev–Trinajstić information content (AvgIpc) is 2.93. The summed E-state index contributed by atoms with van der Waals surface area (Å²) in [4.78, 5) is 37.9. The number of carboxylic acids is 1. The van der Waals surface area contributed by atoms with E-state index in [0.717, 1.165) is 36.8 Å². The summed E-state index contributed by atoms with van der Waals surface area (Å²) in [6.45, 7) is 0.432. The molecule has 1 aliphatic carbocycles. The number of rotatable bonds is 10. The van der Waals surface area contributed by atoms with E-state index in [1.54, 1.807) is 48.5 Å². The minimum Gasteiger partial charge on any atom is -0.489 e. The average molecular weight is 501 g/mol. The molecule has 3 aromatic carbocycles. The van der Waals surface area contributed by atoms with Crippen molar-refractivity contribution < 1.29 is 24.2 Å². The van der Waals surface area contributed by atoms with Crippen LogP contribution in [0.15, 0.2) is 78.9 Å². The molecule has 0 spiro atoms. The number of carbonyl (C=O) groups is 3. The first-order chi connectivity index (χ1) is 18.0. The van der Waals surface area contributed by atoms with Gasteiger partial charge < -0.3 is 20.5 Å². The van der Waals surface area contributed by atoms with Gasteiger partial charge in [0.05, 0.1) is 11.1 Å². The van der Waals surface area contributed by atoms with Gasteiger partial charge in [0.15, 0.2) is 0 Å². The zero-order chi connectivity index (χ0) is 26.0. The summed E-state index contributed by atoms with van der Waals surface area (Å²) in [7, 11) is 0. The van der Waals surface area contributed by atoms with Crippen molar-refractivity contribution >= 4 is 17.8 Å². The first-order valence-corrected chi connectivity index (χ1v) is 12.7. The SMILES string of the molecule is O=C(NC1CCCCC1)c1ccccc1C(=O)NC(Cc1ccc(OCc2ccccc2)cc1)C(=O)O. The lowest BCUT2D eigenvalue weighted by molar-refractivity contribution is -0.139. The zero-order valence-corrected chi connectivity index (χ0v) is 20.7. The molecular weight excluding hydrogens is 468 g/mol. The maximum atomic E-state index is 13.1. The summed E-state index contributed by atoms with van der Waals surface area (Å²) in [5.74, 6) is -1.39. The molecule has 37 heavy (non-hydrogen) atoms. The number of carbonyl (C=O) groups excluding carboxylic acids is 2. The molecule has 7 nitrogen and oxygen atoms in total. The van der Waals surface area contributed by atoms with E-state index in [1.807, 2.05) is 30.3 Å². The van der Waals surface area contributed by atoms with E-state index in [9.17, 15) is 19.5 Å². The quantitative estimate of drug-likeness (QED) is 0.373. The van der Waals surface area contributed by atoms with E-state index < -0.39 is 17.9 Å². The van der Waals surface area contributed by atoms with Crippen LogP contribution in [0.4, 0.5) is 0 Å². The Morgan fingerprint density at radius 2 is 1.41 bits per heavy atom. The Kier molecular flexibility index (Phi) is 8.92. The standard InChI is InChI=1S/C30H32N2O5/c33-28(31-23-11-5-2-6-12-23)25-13-7-8-14-26(25)29(34)32-27(30(35)36)19-21-15-17-24(18-16-21)37-20-22-9-3-1-4-10-22/h1,3-4,7-10,13-18,23,27H,2,5-6,11-12,19-20H2,(H,31,33)(H,32,34)(H,35,36). The fourth-order valence-corrected chi connectivity index (χ4v) is 4.52. The lowest BCUT2D eigenvalue weighted by atomic mass is 9.95. The Hall–Kier alpha value is -4.13. The van der Waals surface area contributed by atoms with Gasteiger partial charge in [-0.3, -0.25) is 9.59 Å². The predicted octanol–water partition coefficient (Wildman–Crippen LogP) is 4.75. The van der Waals surface area contributed by atoms with Crippen LogP contribution in [0.5, 0.6) is 5.75 Å². The van der Waals surface area contributed by atoms with Crippen LogP contribution in [-0.4, -0.2) is 35.0 Å². The highest BCUT2D eigenvalue weighted by Crippen LogP contribution is 2.19. The highest BCUT2D eigenvalue weighted by atomic mass is 16.5. The third kappa shape index (κ3) is 7.43. The van der Waals surface area contributed by atoms with Gasteiger partial charge in [0.2, 0.25) is 0 Å². The molecule has 0 aliphatic heterocycles. The topological polar surface area (TPSA) is 105 Å². The van der Waals surface area contributed by atoms with Gasteiger partial charge in [0, 0.05) is 12.5 Å². The molecule has 3 aromatic rings. The summed E-state index contributed by atoms with van der Waals surface area (Å²) >= 11 is 0. The van der Waals surface area contributed by atoms with Crippen molar-refractivity contribution in [2.24, 2.45) is 0 Å². The Balaban J connectivity index is 1.38. The molecule has 1 aliphatic rings. The Morgan fingerprint density at radius 1 is 0.784 bits per heavy atom. The van der Waals surface area contributed by atoms with E-state index in [2.05, 4.69) is 10.6 Å². The third-order valence-corrected chi connectivity index (χ3v) is 6.57. The molecule has 1 fully saturated rings. The Labute approximate surface area is 216 Å². The smallest absolute Gasteiger partial charge is 0.326 e. The van der Waals surface area contributed by atoms with Crippen molar-refractivity contribution in [3.05, 3.63) is 101 Å². The number of amides is 2. The van der Waals surface area contributed by atoms with Crippen LogP contribution >= 0.6 is 0 Å². The van der Waals surface area contributed by atoms with Gasteiger partial charge >= 0.3 is 5.97 Å². The van der Waals surface area contributed by atoms with Crippen LogP contribution in [0.3, 0.4) is 0 Å². The van der Waals surface area contributed by atoms with Gasteiger partial charge in [-0.15, -0.1) is 0 Å². The van der Waals surface area contributed by atoms with Crippen molar-refractivity contribution in [1.29, 1.82) is 0 Å². The first-order valence-electron chi connectivity index (χ1n) is 12.7. The number of benzene rings is 3. The summed E-state index contributed by atoms with van der Waals surface area (Å²) in [6, 6.07) is 22.4. The molecule has 4 rings (SSSR count). The van der Waals surface area contributed by atoms with Gasteiger partial charge in [-0.05, 0) is 48.2 Å². The normalized spacial score (nSPS) is 14.4. The van der Waals surface area contributed by atoms with Crippen LogP contribution in [0.1, 0.15) is 63.9 Å². The van der Waals surface area contributed by atoms with Gasteiger partial charge in [-0.2, -0.15) is 0 Å². The van der Waals surface area contributed by atoms with Crippen LogP contribution in [0.25, 0.3) is 0 Å². The lowest BCUT2D eigenvalue weighted by Gasteiger charge is -2.23. The Bertz CT molecular complexity index is 1200. The van der Waals surface area contributed by atoms with E-state index in [4.69, 9.17) is 4.74 Å². The second kappa shape index (κ2) is 12.7. The molecule has 0 bridgehead atoms. The van der Waals surface area contributed by atoms with Crippen molar-refractivity contribution in [3.8, 4) is 5.75 Å². The highest BCUT2D eigenvalue weighted by Gasteiger charge is 2.25. The molecule has 2 amide bonds. The molecule has 1 atom stereocenters. The highest BCUT2D eigenvalue weighted by molar-refractivity contribution is 6.08. The van der Waals surface area contributed by atoms with Gasteiger partial charge in [0.1, 0.15) is 18.4 Å². The summed E-state index contributed by atoms with van der Waals surface area (Å²) in [5, 5.41) is 15.4. The number of hydrogen-bond donors (Lipinski definition) is 3. The molecule has 0 heterocycles. The molecule has 192 valence electrons. The van der Waals surface area contributed by atoms with E-state index in [-0.39, 0.29) is 29.5 Å². The number of hydrogen-bond acceptors (Lipinski definition) is 4. The van der Waals surface area contributed by atoms with Gasteiger partial charge in [-0.25, -0.2) is 4.79 Å². The minimum atomic E-state index is -1.15. The second-order valence-electron chi connectivity index (χ2n) is 9.34. The number of carboxylic acid groups (broad SMARTS) is 1. The Morgan fingerprint density at radius 3 is 2.05 bits per heavy atom. The molecule has 0 aromatic heterocycles. The van der Waals surface area contributed by atoms with Crippen LogP contribution in [0.2, 0.25) is 0 Å². The molecule has 3 N–H and O–H groups in total. The maximum Gasteiger partial charge on any atom is 0.326 e. The number of aliphatic carboxylic acids is 1. The molecule has 0 radical (unpaired) electrons. The summed E-state index contributed by atoms with van der Waals surface area (Å²) in [6.07, 6.45) is 5.28. The number of nitrogens with one attached hydrogen (secondary N) is 2. The van der Waals surface area contributed by atoms with Crippen molar-refractivity contribution in [1.82, 2.24) is 10.6 Å². The van der Waals surface area contributed by atoms with Gasteiger partial charge in [-0.1, -0.05) is 73.9 Å². The van der Waals surface area contributed by atoms with Crippen molar-refractivity contribution in [3.63, 3.8) is 0 Å². The zero-order valence-electron chi connectivity index (χ0n) is 20.7. The first kappa shape index (κ1) is 25.9. The predicted molar refractivity (Wildman–Crippen MR) is 141 cm³/mol. The molecular formula is C30H32N2O5.